The molecule has 0 saturated carbocycles. The summed E-state index contributed by atoms with van der Waals surface area (Å²) in [5.74, 6) is -0.609. The summed E-state index contributed by atoms with van der Waals surface area (Å²) >= 11 is 0. The Morgan fingerprint density at radius 1 is 1.57 bits per heavy atom. The van der Waals surface area contributed by atoms with Crippen LogP contribution in [-0.4, -0.2) is 25.7 Å². The standard InChI is InChI=1S/C8H8N4O2/c9-4-6-10-7-3-1-2-5(8(13)14)12(7)11-6/h1-3H,4,9H2,(H,13,14). The quantitative estimate of drug-likeness (QED) is 0.692. The Balaban J connectivity index is 2.73. The molecular weight excluding hydrogens is 184 g/mol. The Morgan fingerprint density at radius 2 is 2.36 bits per heavy atom. The molecule has 6 nitrogen and oxygen atoms in total. The van der Waals surface area contributed by atoms with E-state index in [2.05, 4.69) is 10.1 Å². The van der Waals surface area contributed by atoms with Gasteiger partial charge in [0.25, 0.3) is 0 Å². The van der Waals surface area contributed by atoms with Crippen LogP contribution in [0, 0.1) is 0 Å². The Kier molecular flexibility index (Phi) is 1.90. The van der Waals surface area contributed by atoms with Crippen LogP contribution in [0.2, 0.25) is 0 Å². The van der Waals surface area contributed by atoms with E-state index in [1.54, 1.807) is 12.1 Å². The van der Waals surface area contributed by atoms with Crippen LogP contribution >= 0.6 is 0 Å². The van der Waals surface area contributed by atoms with Crippen LogP contribution in [0.4, 0.5) is 0 Å². The highest BCUT2D eigenvalue weighted by molar-refractivity contribution is 5.86. The van der Waals surface area contributed by atoms with E-state index < -0.39 is 5.97 Å². The second kappa shape index (κ2) is 3.08. The van der Waals surface area contributed by atoms with Crippen LogP contribution in [0.3, 0.4) is 0 Å². The molecule has 0 bridgehead atoms. The van der Waals surface area contributed by atoms with Crippen molar-refractivity contribution in [3.05, 3.63) is 29.7 Å². The number of carbonyl (C=O) groups is 1. The summed E-state index contributed by atoms with van der Waals surface area (Å²) in [6.07, 6.45) is 0. The predicted molar refractivity (Wildman–Crippen MR) is 47.8 cm³/mol. The second-order valence-corrected chi connectivity index (χ2v) is 2.72. The maximum absolute atomic E-state index is 10.8. The van der Waals surface area contributed by atoms with E-state index in [0.717, 1.165) is 0 Å². The minimum atomic E-state index is -1.04. The maximum atomic E-state index is 10.8. The first-order valence-electron chi connectivity index (χ1n) is 4.00. The molecule has 0 unspecified atom stereocenters. The molecule has 2 rings (SSSR count). The Bertz CT molecular complexity index is 491. The van der Waals surface area contributed by atoms with Crippen molar-refractivity contribution in [3.63, 3.8) is 0 Å². The van der Waals surface area contributed by atoms with Crippen molar-refractivity contribution in [2.75, 3.05) is 0 Å². The normalized spacial score (nSPS) is 10.6. The molecule has 0 spiro atoms. The van der Waals surface area contributed by atoms with Gasteiger partial charge in [-0.25, -0.2) is 14.3 Å². The van der Waals surface area contributed by atoms with E-state index in [4.69, 9.17) is 10.8 Å². The molecule has 0 amide bonds. The van der Waals surface area contributed by atoms with E-state index in [0.29, 0.717) is 11.5 Å². The van der Waals surface area contributed by atoms with Crippen molar-refractivity contribution in [1.29, 1.82) is 0 Å². The van der Waals surface area contributed by atoms with E-state index in [1.165, 1.54) is 10.6 Å². The fraction of sp³-hybridized carbons (Fsp3) is 0.125. The van der Waals surface area contributed by atoms with Gasteiger partial charge >= 0.3 is 5.97 Å². The number of carboxylic acids is 1. The third-order valence-corrected chi connectivity index (χ3v) is 1.81. The zero-order chi connectivity index (χ0) is 10.1. The van der Waals surface area contributed by atoms with Gasteiger partial charge < -0.3 is 10.8 Å². The van der Waals surface area contributed by atoms with Crippen molar-refractivity contribution in [2.24, 2.45) is 5.73 Å². The molecule has 0 saturated heterocycles. The third kappa shape index (κ3) is 1.21. The summed E-state index contributed by atoms with van der Waals surface area (Å²) in [6.45, 7) is 0.195. The number of rotatable bonds is 2. The third-order valence-electron chi connectivity index (χ3n) is 1.81. The van der Waals surface area contributed by atoms with Crippen LogP contribution in [0.5, 0.6) is 0 Å². The van der Waals surface area contributed by atoms with Crippen molar-refractivity contribution >= 4 is 11.6 Å². The highest BCUT2D eigenvalue weighted by atomic mass is 16.4. The number of aromatic carboxylic acids is 1. The zero-order valence-electron chi connectivity index (χ0n) is 7.21. The Hall–Kier alpha value is -1.95. The lowest BCUT2D eigenvalue weighted by Gasteiger charge is -1.96. The van der Waals surface area contributed by atoms with E-state index in [9.17, 15) is 4.79 Å². The fourth-order valence-electron chi connectivity index (χ4n) is 1.20. The molecule has 0 aromatic carbocycles. The van der Waals surface area contributed by atoms with Crippen LogP contribution in [0.1, 0.15) is 16.3 Å². The van der Waals surface area contributed by atoms with Gasteiger partial charge in [-0.15, -0.1) is 5.10 Å². The highest BCUT2D eigenvalue weighted by Crippen LogP contribution is 2.05. The van der Waals surface area contributed by atoms with Crippen LogP contribution in [-0.2, 0) is 6.54 Å². The van der Waals surface area contributed by atoms with Crippen molar-refractivity contribution in [3.8, 4) is 0 Å². The van der Waals surface area contributed by atoms with Gasteiger partial charge in [-0.1, -0.05) is 6.07 Å². The van der Waals surface area contributed by atoms with Crippen molar-refractivity contribution in [2.45, 2.75) is 6.54 Å². The molecule has 0 aliphatic rings. The first kappa shape index (κ1) is 8.64. The lowest BCUT2D eigenvalue weighted by molar-refractivity contribution is 0.0687. The molecule has 2 aromatic rings. The maximum Gasteiger partial charge on any atom is 0.354 e. The van der Waals surface area contributed by atoms with Gasteiger partial charge in [-0.3, -0.25) is 0 Å². The van der Waals surface area contributed by atoms with Crippen LogP contribution < -0.4 is 5.73 Å². The van der Waals surface area contributed by atoms with Crippen LogP contribution in [0.25, 0.3) is 5.65 Å². The van der Waals surface area contributed by atoms with Crippen LogP contribution in [0.15, 0.2) is 18.2 Å². The smallest absolute Gasteiger partial charge is 0.354 e. The fourth-order valence-corrected chi connectivity index (χ4v) is 1.20. The largest absolute Gasteiger partial charge is 0.477 e. The molecule has 0 fully saturated rings. The van der Waals surface area contributed by atoms with E-state index >= 15 is 0 Å². The monoisotopic (exact) mass is 192 g/mol. The molecule has 0 radical (unpaired) electrons. The zero-order valence-corrected chi connectivity index (χ0v) is 7.21. The molecule has 0 aliphatic carbocycles. The van der Waals surface area contributed by atoms with Gasteiger partial charge in [0, 0.05) is 0 Å². The van der Waals surface area contributed by atoms with Gasteiger partial charge in [-0.05, 0) is 12.1 Å². The van der Waals surface area contributed by atoms with Gasteiger partial charge in [0.1, 0.15) is 0 Å². The average molecular weight is 192 g/mol. The number of carboxylic acid groups (broad SMARTS) is 1. The number of pyridine rings is 1. The summed E-state index contributed by atoms with van der Waals surface area (Å²) < 4.78 is 1.27. The first-order chi connectivity index (χ1) is 6.72. The van der Waals surface area contributed by atoms with E-state index in [1.807, 2.05) is 0 Å². The van der Waals surface area contributed by atoms with Gasteiger partial charge in [0.15, 0.2) is 17.2 Å². The predicted octanol–water partition coefficient (Wildman–Crippen LogP) is -0.114. The van der Waals surface area contributed by atoms with Gasteiger partial charge in [0.2, 0.25) is 0 Å². The molecule has 14 heavy (non-hydrogen) atoms. The number of hydrogen-bond donors (Lipinski definition) is 2. The molecule has 0 atom stereocenters. The summed E-state index contributed by atoms with van der Waals surface area (Å²) in [4.78, 5) is 14.8. The Morgan fingerprint density at radius 3 is 3.00 bits per heavy atom. The molecular formula is C8H8N4O2. The number of fused-ring (bicyclic) bond motifs is 1. The number of aromatic nitrogens is 3. The summed E-state index contributed by atoms with van der Waals surface area (Å²) in [7, 11) is 0. The second-order valence-electron chi connectivity index (χ2n) is 2.72. The number of hydrogen-bond acceptors (Lipinski definition) is 4. The lowest BCUT2D eigenvalue weighted by Crippen LogP contribution is -2.06. The summed E-state index contributed by atoms with van der Waals surface area (Å²) in [5.41, 5.74) is 5.92. The SMILES string of the molecule is NCc1nc2cccc(C(=O)O)n2n1. The van der Waals surface area contributed by atoms with Crippen molar-refractivity contribution in [1.82, 2.24) is 14.6 Å². The molecule has 3 N–H and O–H groups in total. The molecule has 2 aromatic heterocycles. The minimum Gasteiger partial charge on any atom is -0.477 e. The minimum absolute atomic E-state index is 0.0784. The van der Waals surface area contributed by atoms with Gasteiger partial charge in [-0.2, -0.15) is 0 Å². The number of nitrogens with two attached hydrogens (primary N) is 1. The number of nitrogens with zero attached hydrogens (tertiary/aromatic N) is 3. The molecule has 6 heteroatoms. The Labute approximate surface area is 79.0 Å². The van der Waals surface area contributed by atoms with E-state index in [-0.39, 0.29) is 12.2 Å². The molecule has 2 heterocycles. The van der Waals surface area contributed by atoms with Crippen molar-refractivity contribution < 1.29 is 9.90 Å². The molecule has 0 aliphatic heterocycles. The first-order valence-corrected chi connectivity index (χ1v) is 4.00. The highest BCUT2D eigenvalue weighted by Gasteiger charge is 2.10. The topological polar surface area (TPSA) is 93.5 Å². The summed E-state index contributed by atoms with van der Waals surface area (Å²) in [5, 5.41) is 12.8. The molecule has 72 valence electrons. The average Bonchev–Trinajstić information content (AvgIpc) is 2.59. The summed E-state index contributed by atoms with van der Waals surface area (Å²) in [6, 6.07) is 4.76. The van der Waals surface area contributed by atoms with Gasteiger partial charge in [0.05, 0.1) is 6.54 Å². The lowest BCUT2D eigenvalue weighted by atomic mass is 10.3.